The summed E-state index contributed by atoms with van der Waals surface area (Å²) >= 11 is 0. The SMILES string of the molecule is NC(=O)[C@H]1CCCCN1C(=O)CN1CCN(C(=O)c2ccccc2)CC1. The van der Waals surface area contributed by atoms with E-state index in [0.29, 0.717) is 44.7 Å². The van der Waals surface area contributed by atoms with E-state index in [1.807, 2.05) is 40.1 Å². The Morgan fingerprint density at radius 3 is 2.31 bits per heavy atom. The molecule has 2 heterocycles. The third-order valence-electron chi connectivity index (χ3n) is 5.19. The Morgan fingerprint density at radius 1 is 0.962 bits per heavy atom. The highest BCUT2D eigenvalue weighted by Crippen LogP contribution is 2.17. The molecule has 140 valence electrons. The van der Waals surface area contributed by atoms with E-state index in [2.05, 4.69) is 0 Å². The summed E-state index contributed by atoms with van der Waals surface area (Å²) in [6, 6.07) is 8.76. The highest BCUT2D eigenvalue weighted by Gasteiger charge is 2.32. The van der Waals surface area contributed by atoms with Gasteiger partial charge in [-0.1, -0.05) is 18.2 Å². The number of rotatable bonds is 4. The van der Waals surface area contributed by atoms with Crippen LogP contribution in [0.2, 0.25) is 0 Å². The van der Waals surface area contributed by atoms with Crippen LogP contribution in [-0.2, 0) is 9.59 Å². The van der Waals surface area contributed by atoms with Crippen molar-refractivity contribution in [3.8, 4) is 0 Å². The molecule has 2 aliphatic heterocycles. The van der Waals surface area contributed by atoms with Crippen LogP contribution in [0.4, 0.5) is 0 Å². The zero-order chi connectivity index (χ0) is 18.5. The van der Waals surface area contributed by atoms with Crippen molar-refractivity contribution in [2.75, 3.05) is 39.3 Å². The summed E-state index contributed by atoms with van der Waals surface area (Å²) in [5, 5.41) is 0. The van der Waals surface area contributed by atoms with Crippen LogP contribution in [0, 0.1) is 0 Å². The molecule has 0 saturated carbocycles. The van der Waals surface area contributed by atoms with Gasteiger partial charge in [0.15, 0.2) is 0 Å². The van der Waals surface area contributed by atoms with Gasteiger partial charge < -0.3 is 15.5 Å². The van der Waals surface area contributed by atoms with Crippen LogP contribution < -0.4 is 5.73 Å². The van der Waals surface area contributed by atoms with Crippen LogP contribution in [0.3, 0.4) is 0 Å². The van der Waals surface area contributed by atoms with Gasteiger partial charge in [0.25, 0.3) is 5.91 Å². The molecule has 3 rings (SSSR count). The van der Waals surface area contributed by atoms with E-state index >= 15 is 0 Å². The minimum absolute atomic E-state index is 0.0291. The lowest BCUT2D eigenvalue weighted by Gasteiger charge is -2.38. The molecule has 0 unspecified atom stereocenters. The van der Waals surface area contributed by atoms with Crippen molar-refractivity contribution < 1.29 is 14.4 Å². The molecule has 2 saturated heterocycles. The molecule has 0 bridgehead atoms. The monoisotopic (exact) mass is 358 g/mol. The number of carbonyl (C=O) groups is 3. The van der Waals surface area contributed by atoms with Gasteiger partial charge in [0.2, 0.25) is 11.8 Å². The van der Waals surface area contributed by atoms with Gasteiger partial charge in [-0.25, -0.2) is 0 Å². The quantitative estimate of drug-likeness (QED) is 0.839. The molecule has 2 N–H and O–H groups in total. The molecule has 0 aromatic heterocycles. The van der Waals surface area contributed by atoms with Crippen molar-refractivity contribution in [2.24, 2.45) is 5.73 Å². The van der Waals surface area contributed by atoms with Gasteiger partial charge in [0, 0.05) is 38.3 Å². The van der Waals surface area contributed by atoms with E-state index in [1.54, 1.807) is 4.90 Å². The van der Waals surface area contributed by atoms with Crippen LogP contribution >= 0.6 is 0 Å². The number of hydrogen-bond donors (Lipinski definition) is 1. The van der Waals surface area contributed by atoms with Gasteiger partial charge in [0.05, 0.1) is 6.54 Å². The molecular formula is C19H26N4O3. The second-order valence-corrected chi connectivity index (χ2v) is 6.94. The molecule has 3 amide bonds. The first-order chi connectivity index (χ1) is 12.6. The Hall–Kier alpha value is -2.41. The average Bonchev–Trinajstić information content (AvgIpc) is 2.68. The first-order valence-corrected chi connectivity index (χ1v) is 9.21. The zero-order valence-corrected chi connectivity index (χ0v) is 15.0. The number of amides is 3. The second-order valence-electron chi connectivity index (χ2n) is 6.94. The predicted octanol–water partition coefficient (Wildman–Crippen LogP) is 0.311. The number of hydrogen-bond acceptors (Lipinski definition) is 4. The molecule has 7 heteroatoms. The maximum Gasteiger partial charge on any atom is 0.253 e. The summed E-state index contributed by atoms with van der Waals surface area (Å²) in [6.45, 7) is 3.37. The first-order valence-electron chi connectivity index (χ1n) is 9.21. The number of benzene rings is 1. The van der Waals surface area contributed by atoms with Crippen molar-refractivity contribution in [1.82, 2.24) is 14.7 Å². The Kier molecular flexibility index (Phi) is 5.88. The Bertz CT molecular complexity index is 656. The molecule has 2 fully saturated rings. The topological polar surface area (TPSA) is 86.9 Å². The van der Waals surface area contributed by atoms with Crippen molar-refractivity contribution in [2.45, 2.75) is 25.3 Å². The van der Waals surface area contributed by atoms with Crippen LogP contribution in [-0.4, -0.2) is 77.7 Å². The molecule has 1 aromatic rings. The molecule has 7 nitrogen and oxygen atoms in total. The summed E-state index contributed by atoms with van der Waals surface area (Å²) in [6.07, 6.45) is 2.49. The van der Waals surface area contributed by atoms with Gasteiger partial charge >= 0.3 is 0 Å². The highest BCUT2D eigenvalue weighted by molar-refractivity contribution is 5.94. The number of primary amides is 1. The minimum atomic E-state index is -0.475. The number of piperazine rings is 1. The number of nitrogens with two attached hydrogens (primary N) is 1. The molecular weight excluding hydrogens is 332 g/mol. The molecule has 1 aromatic carbocycles. The minimum Gasteiger partial charge on any atom is -0.368 e. The number of nitrogens with zero attached hydrogens (tertiary/aromatic N) is 3. The smallest absolute Gasteiger partial charge is 0.253 e. The number of piperidine rings is 1. The fourth-order valence-electron chi connectivity index (χ4n) is 3.68. The summed E-state index contributed by atoms with van der Waals surface area (Å²) in [7, 11) is 0. The van der Waals surface area contributed by atoms with Crippen LogP contribution in [0.5, 0.6) is 0 Å². The number of carbonyl (C=O) groups excluding carboxylic acids is 3. The lowest BCUT2D eigenvalue weighted by Crippen LogP contribution is -2.55. The Morgan fingerprint density at radius 2 is 1.65 bits per heavy atom. The van der Waals surface area contributed by atoms with Gasteiger partial charge in [-0.3, -0.25) is 19.3 Å². The summed E-state index contributed by atoms with van der Waals surface area (Å²) in [4.78, 5) is 42.2. The fourth-order valence-corrected chi connectivity index (χ4v) is 3.68. The largest absolute Gasteiger partial charge is 0.368 e. The van der Waals surface area contributed by atoms with Gasteiger partial charge in [-0.2, -0.15) is 0 Å². The van der Waals surface area contributed by atoms with Crippen molar-refractivity contribution in [3.05, 3.63) is 35.9 Å². The first kappa shape index (κ1) is 18.4. The molecule has 26 heavy (non-hydrogen) atoms. The second kappa shape index (κ2) is 8.31. The van der Waals surface area contributed by atoms with Gasteiger partial charge in [-0.15, -0.1) is 0 Å². The third-order valence-corrected chi connectivity index (χ3v) is 5.19. The molecule has 0 aliphatic carbocycles. The molecule has 2 aliphatic rings. The lowest BCUT2D eigenvalue weighted by molar-refractivity contribution is -0.142. The fraction of sp³-hybridized carbons (Fsp3) is 0.526. The standard InChI is InChI=1S/C19H26N4O3/c20-18(25)16-8-4-5-9-23(16)17(24)14-21-10-12-22(13-11-21)19(26)15-6-2-1-3-7-15/h1-3,6-7,16H,4-5,8-14H2,(H2,20,25)/t16-/m1/s1. The summed E-state index contributed by atoms with van der Waals surface area (Å²) in [5.74, 6) is -0.436. The van der Waals surface area contributed by atoms with E-state index in [4.69, 9.17) is 5.73 Å². The normalized spacial score (nSPS) is 21.5. The predicted molar refractivity (Wildman–Crippen MR) is 97.3 cm³/mol. The van der Waals surface area contributed by atoms with E-state index < -0.39 is 11.9 Å². The van der Waals surface area contributed by atoms with E-state index in [0.717, 1.165) is 12.8 Å². The summed E-state index contributed by atoms with van der Waals surface area (Å²) in [5.41, 5.74) is 6.13. The maximum absolute atomic E-state index is 12.6. The van der Waals surface area contributed by atoms with E-state index in [1.165, 1.54) is 0 Å². The van der Waals surface area contributed by atoms with Crippen molar-refractivity contribution in [1.29, 1.82) is 0 Å². The third kappa shape index (κ3) is 4.22. The molecule has 0 radical (unpaired) electrons. The highest BCUT2D eigenvalue weighted by atomic mass is 16.2. The molecule has 1 atom stereocenters. The van der Waals surface area contributed by atoms with Crippen molar-refractivity contribution in [3.63, 3.8) is 0 Å². The van der Waals surface area contributed by atoms with Crippen LogP contribution in [0.15, 0.2) is 30.3 Å². The zero-order valence-electron chi connectivity index (χ0n) is 15.0. The average molecular weight is 358 g/mol. The number of likely N-dealkylation sites (tertiary alicyclic amines) is 1. The van der Waals surface area contributed by atoms with Crippen LogP contribution in [0.25, 0.3) is 0 Å². The van der Waals surface area contributed by atoms with Crippen molar-refractivity contribution >= 4 is 17.7 Å². The van der Waals surface area contributed by atoms with E-state index in [-0.39, 0.29) is 18.4 Å². The summed E-state index contributed by atoms with van der Waals surface area (Å²) < 4.78 is 0. The van der Waals surface area contributed by atoms with Crippen LogP contribution in [0.1, 0.15) is 29.6 Å². The Balaban J connectivity index is 1.51. The van der Waals surface area contributed by atoms with Gasteiger partial charge in [-0.05, 0) is 31.4 Å². The van der Waals surface area contributed by atoms with Gasteiger partial charge in [0.1, 0.15) is 6.04 Å². The Labute approximate surface area is 153 Å². The maximum atomic E-state index is 12.6. The van der Waals surface area contributed by atoms with E-state index in [9.17, 15) is 14.4 Å². The lowest BCUT2D eigenvalue weighted by atomic mass is 10.0. The molecule has 0 spiro atoms.